The van der Waals surface area contributed by atoms with Crippen LogP contribution in [0.4, 0.5) is 0 Å². The smallest absolute Gasteiger partial charge is 0.383 e. The van der Waals surface area contributed by atoms with Crippen molar-refractivity contribution in [2.24, 2.45) is 0 Å². The van der Waals surface area contributed by atoms with Crippen LogP contribution in [0.3, 0.4) is 0 Å². The van der Waals surface area contributed by atoms with E-state index in [2.05, 4.69) is 15.0 Å². The summed E-state index contributed by atoms with van der Waals surface area (Å²) in [5.41, 5.74) is 0.709. The lowest BCUT2D eigenvalue weighted by Crippen LogP contribution is -2.39. The molecule has 2 rings (SSSR count). The third-order valence-corrected chi connectivity index (χ3v) is 2.84. The van der Waals surface area contributed by atoms with Gasteiger partial charge in [0.15, 0.2) is 5.82 Å². The van der Waals surface area contributed by atoms with Crippen molar-refractivity contribution in [3.05, 3.63) is 40.9 Å². The summed E-state index contributed by atoms with van der Waals surface area (Å²) in [4.78, 5) is 23.6. The van der Waals surface area contributed by atoms with Gasteiger partial charge in [-0.15, -0.1) is 0 Å². The molecule has 0 spiro atoms. The number of nitrogens with zero attached hydrogens (tertiary/aromatic N) is 2. The highest BCUT2D eigenvalue weighted by molar-refractivity contribution is 5.76. The third-order valence-electron chi connectivity index (χ3n) is 2.84. The first-order valence-electron chi connectivity index (χ1n) is 6.52. The molecule has 0 saturated heterocycles. The lowest BCUT2D eigenvalue weighted by molar-refractivity contribution is -0.122. The first-order chi connectivity index (χ1) is 10.1. The third kappa shape index (κ3) is 3.79. The number of hydrogen-bond acceptors (Lipinski definition) is 5. The maximum absolute atomic E-state index is 11.9. The van der Waals surface area contributed by atoms with E-state index in [4.69, 9.17) is 4.74 Å². The van der Waals surface area contributed by atoms with Gasteiger partial charge in [-0.25, -0.2) is 9.36 Å². The van der Waals surface area contributed by atoms with Crippen molar-refractivity contribution in [3.8, 4) is 11.4 Å². The molecule has 1 aromatic heterocycles. The minimum Gasteiger partial charge on any atom is -0.383 e. The second-order valence-electron chi connectivity index (χ2n) is 4.65. The van der Waals surface area contributed by atoms with E-state index in [1.807, 2.05) is 25.1 Å². The van der Waals surface area contributed by atoms with Crippen molar-refractivity contribution in [2.75, 3.05) is 13.7 Å². The van der Waals surface area contributed by atoms with Crippen LogP contribution in [0.5, 0.6) is 0 Å². The Morgan fingerprint density at radius 3 is 2.81 bits per heavy atom. The van der Waals surface area contributed by atoms with E-state index in [0.717, 1.165) is 0 Å². The van der Waals surface area contributed by atoms with Crippen molar-refractivity contribution in [1.29, 1.82) is 0 Å². The fourth-order valence-electron chi connectivity index (χ4n) is 1.96. The van der Waals surface area contributed by atoms with Gasteiger partial charge >= 0.3 is 5.76 Å². The normalized spacial score (nSPS) is 12.1. The SMILES string of the molecule is COC[C@H](C)NC(=O)Cn1c(-c2ccccc2)noc1=O. The molecule has 21 heavy (non-hydrogen) atoms. The number of carbonyl (C=O) groups is 1. The van der Waals surface area contributed by atoms with Crippen molar-refractivity contribution in [3.63, 3.8) is 0 Å². The summed E-state index contributed by atoms with van der Waals surface area (Å²) in [6.45, 7) is 2.06. The van der Waals surface area contributed by atoms with Crippen LogP contribution in [0.2, 0.25) is 0 Å². The average molecular weight is 291 g/mol. The Balaban J connectivity index is 2.16. The molecule has 0 unspecified atom stereocenters. The summed E-state index contributed by atoms with van der Waals surface area (Å²) in [7, 11) is 1.56. The van der Waals surface area contributed by atoms with E-state index >= 15 is 0 Å². The molecule has 0 saturated carbocycles. The van der Waals surface area contributed by atoms with Gasteiger partial charge in [0.05, 0.1) is 6.61 Å². The maximum atomic E-state index is 11.9. The standard InChI is InChI=1S/C14H17N3O4/c1-10(9-20-2)15-12(18)8-17-13(16-21-14(17)19)11-6-4-3-5-7-11/h3-7,10H,8-9H2,1-2H3,(H,15,18)/t10-/m0/s1. The number of carbonyl (C=O) groups excluding carboxylic acids is 1. The maximum Gasteiger partial charge on any atom is 0.442 e. The molecule has 0 fully saturated rings. The van der Waals surface area contributed by atoms with Gasteiger partial charge in [-0.1, -0.05) is 35.5 Å². The molecular weight excluding hydrogens is 274 g/mol. The molecule has 1 N–H and O–H groups in total. The molecule has 2 aromatic rings. The summed E-state index contributed by atoms with van der Waals surface area (Å²) in [6, 6.07) is 8.93. The van der Waals surface area contributed by atoms with Crippen LogP contribution in [0.15, 0.2) is 39.6 Å². The van der Waals surface area contributed by atoms with Gasteiger partial charge in [0.25, 0.3) is 0 Å². The highest BCUT2D eigenvalue weighted by Gasteiger charge is 2.16. The van der Waals surface area contributed by atoms with E-state index in [1.165, 1.54) is 4.57 Å². The average Bonchev–Trinajstić information content (AvgIpc) is 2.81. The van der Waals surface area contributed by atoms with Crippen LogP contribution in [0.25, 0.3) is 11.4 Å². The zero-order chi connectivity index (χ0) is 15.2. The quantitative estimate of drug-likeness (QED) is 0.844. The minimum absolute atomic E-state index is 0.141. The predicted molar refractivity (Wildman–Crippen MR) is 75.7 cm³/mol. The summed E-state index contributed by atoms with van der Waals surface area (Å²) in [5.74, 6) is -0.638. The Morgan fingerprint density at radius 2 is 2.14 bits per heavy atom. The second kappa shape index (κ2) is 6.85. The van der Waals surface area contributed by atoms with Crippen molar-refractivity contribution >= 4 is 5.91 Å². The number of ether oxygens (including phenoxy) is 1. The van der Waals surface area contributed by atoms with Crippen LogP contribution in [-0.4, -0.2) is 35.4 Å². The van der Waals surface area contributed by atoms with Crippen LogP contribution < -0.4 is 11.1 Å². The van der Waals surface area contributed by atoms with Gasteiger partial charge in [0.2, 0.25) is 5.91 Å². The number of hydrogen-bond donors (Lipinski definition) is 1. The summed E-state index contributed by atoms with van der Waals surface area (Å²) >= 11 is 0. The first kappa shape index (κ1) is 15.0. The molecule has 0 aliphatic carbocycles. The molecule has 7 nitrogen and oxygen atoms in total. The number of nitrogens with one attached hydrogen (secondary N) is 1. The van der Waals surface area contributed by atoms with E-state index in [9.17, 15) is 9.59 Å². The topological polar surface area (TPSA) is 86.4 Å². The van der Waals surface area contributed by atoms with Crippen LogP contribution >= 0.6 is 0 Å². The molecule has 1 atom stereocenters. The van der Waals surface area contributed by atoms with Crippen LogP contribution in [-0.2, 0) is 16.1 Å². The van der Waals surface area contributed by atoms with E-state index < -0.39 is 5.76 Å². The summed E-state index contributed by atoms with van der Waals surface area (Å²) < 4.78 is 10.8. The number of benzene rings is 1. The molecule has 7 heteroatoms. The summed E-state index contributed by atoms with van der Waals surface area (Å²) in [5, 5.41) is 6.46. The molecule has 0 bridgehead atoms. The van der Waals surface area contributed by atoms with Crippen molar-refractivity contribution in [2.45, 2.75) is 19.5 Å². The second-order valence-corrected chi connectivity index (χ2v) is 4.65. The van der Waals surface area contributed by atoms with Crippen molar-refractivity contribution < 1.29 is 14.1 Å². The first-order valence-corrected chi connectivity index (χ1v) is 6.52. The predicted octanol–water partition coefficient (Wildman–Crippen LogP) is 0.654. The highest BCUT2D eigenvalue weighted by atomic mass is 16.5. The number of rotatable bonds is 6. The zero-order valence-electron chi connectivity index (χ0n) is 11.9. The fraction of sp³-hybridized carbons (Fsp3) is 0.357. The van der Waals surface area contributed by atoms with Crippen LogP contribution in [0.1, 0.15) is 6.92 Å². The number of aromatic nitrogens is 2. The van der Waals surface area contributed by atoms with E-state index in [-0.39, 0.29) is 18.5 Å². The fourth-order valence-corrected chi connectivity index (χ4v) is 1.96. The molecule has 1 aromatic carbocycles. The van der Waals surface area contributed by atoms with Gasteiger partial charge in [-0.2, -0.15) is 0 Å². The van der Waals surface area contributed by atoms with Gasteiger partial charge in [-0.05, 0) is 6.92 Å². The van der Waals surface area contributed by atoms with E-state index in [1.54, 1.807) is 19.2 Å². The van der Waals surface area contributed by atoms with Crippen molar-refractivity contribution in [1.82, 2.24) is 15.0 Å². The Morgan fingerprint density at radius 1 is 1.43 bits per heavy atom. The van der Waals surface area contributed by atoms with Gasteiger partial charge in [0, 0.05) is 18.7 Å². The molecule has 0 aliphatic heterocycles. The molecule has 0 aliphatic rings. The Labute approximate surface area is 121 Å². The van der Waals surface area contributed by atoms with Gasteiger partial charge < -0.3 is 10.1 Å². The molecular formula is C14H17N3O4. The molecule has 0 radical (unpaired) electrons. The number of amides is 1. The Kier molecular flexibility index (Phi) is 4.89. The Hall–Kier alpha value is -2.41. The van der Waals surface area contributed by atoms with Gasteiger partial charge in [-0.3, -0.25) is 9.32 Å². The minimum atomic E-state index is -0.664. The summed E-state index contributed by atoms with van der Waals surface area (Å²) in [6.07, 6.45) is 0. The van der Waals surface area contributed by atoms with E-state index in [0.29, 0.717) is 18.0 Å². The zero-order valence-corrected chi connectivity index (χ0v) is 11.9. The highest BCUT2D eigenvalue weighted by Crippen LogP contribution is 2.14. The molecule has 112 valence electrons. The number of methoxy groups -OCH3 is 1. The lowest BCUT2D eigenvalue weighted by atomic mass is 10.2. The lowest BCUT2D eigenvalue weighted by Gasteiger charge is -2.12. The van der Waals surface area contributed by atoms with Gasteiger partial charge in [0.1, 0.15) is 6.54 Å². The largest absolute Gasteiger partial charge is 0.442 e. The van der Waals surface area contributed by atoms with Crippen LogP contribution in [0, 0.1) is 0 Å². The molecule has 1 amide bonds. The molecule has 1 heterocycles. The monoisotopic (exact) mass is 291 g/mol. The Bertz CT molecular complexity index is 648.